The van der Waals surface area contributed by atoms with E-state index < -0.39 is 0 Å². The Labute approximate surface area is 131 Å². The zero-order valence-electron chi connectivity index (χ0n) is 13.3. The monoisotopic (exact) mass is 305 g/mol. The van der Waals surface area contributed by atoms with Crippen LogP contribution in [-0.4, -0.2) is 25.2 Å². The summed E-state index contributed by atoms with van der Waals surface area (Å²) in [5.41, 5.74) is 2.32. The molecule has 22 heavy (non-hydrogen) atoms. The quantitative estimate of drug-likeness (QED) is 0.817. The first-order chi connectivity index (χ1) is 10.6. The van der Waals surface area contributed by atoms with Crippen molar-refractivity contribution in [1.29, 1.82) is 0 Å². The first-order valence-electron chi connectivity index (χ1n) is 7.94. The summed E-state index contributed by atoms with van der Waals surface area (Å²) in [4.78, 5) is 11.5. The summed E-state index contributed by atoms with van der Waals surface area (Å²) in [5.74, 6) is 0.0469. The fourth-order valence-electron chi connectivity index (χ4n) is 2.81. The van der Waals surface area contributed by atoms with Gasteiger partial charge in [-0.2, -0.15) is 0 Å². The van der Waals surface area contributed by atoms with Crippen molar-refractivity contribution in [3.05, 3.63) is 41.7 Å². The number of benzene rings is 1. The van der Waals surface area contributed by atoms with Gasteiger partial charge in [0.05, 0.1) is 6.61 Å². The lowest BCUT2D eigenvalue weighted by Crippen LogP contribution is -2.38. The van der Waals surface area contributed by atoms with Crippen molar-refractivity contribution in [1.82, 2.24) is 5.32 Å². The third-order valence-electron chi connectivity index (χ3n) is 4.18. The molecule has 1 aromatic rings. The van der Waals surface area contributed by atoms with Crippen molar-refractivity contribution in [2.24, 2.45) is 5.92 Å². The third-order valence-corrected chi connectivity index (χ3v) is 4.18. The molecule has 1 heterocycles. The van der Waals surface area contributed by atoms with Crippen LogP contribution in [0.5, 0.6) is 0 Å². The van der Waals surface area contributed by atoms with Gasteiger partial charge in [0, 0.05) is 19.0 Å². The molecule has 2 rings (SSSR count). The molecule has 0 amide bonds. The van der Waals surface area contributed by atoms with Crippen molar-refractivity contribution in [3.8, 4) is 0 Å². The van der Waals surface area contributed by atoms with Crippen molar-refractivity contribution in [2.45, 2.75) is 39.2 Å². The van der Waals surface area contributed by atoms with E-state index in [1.54, 1.807) is 0 Å². The molecule has 1 N–H and O–H groups in total. The average Bonchev–Trinajstić information content (AvgIpc) is 2.54. The molecule has 2 unspecified atom stereocenters. The molecule has 1 aromatic carbocycles. The number of carbonyl (C=O) groups is 1. The Bertz CT molecular complexity index is 524. The van der Waals surface area contributed by atoms with Crippen molar-refractivity contribution in [3.63, 3.8) is 0 Å². The highest BCUT2D eigenvalue weighted by Crippen LogP contribution is 2.27. The van der Waals surface area contributed by atoms with Crippen LogP contribution in [0.4, 0.5) is 4.39 Å². The Kier molecular flexibility index (Phi) is 6.13. The number of esters is 1. The molecule has 2 atom stereocenters. The van der Waals surface area contributed by atoms with Gasteiger partial charge in [0.1, 0.15) is 5.82 Å². The number of carbonyl (C=O) groups excluding carboxylic acids is 1. The summed E-state index contributed by atoms with van der Waals surface area (Å²) in [6.07, 6.45) is 4.33. The maximum Gasteiger partial charge on any atom is 0.305 e. The Morgan fingerprint density at radius 1 is 1.41 bits per heavy atom. The molecule has 0 spiro atoms. The smallest absolute Gasteiger partial charge is 0.305 e. The number of hydrogen-bond acceptors (Lipinski definition) is 3. The molecule has 4 heteroatoms. The van der Waals surface area contributed by atoms with E-state index >= 15 is 0 Å². The van der Waals surface area contributed by atoms with E-state index in [1.807, 2.05) is 19.1 Å². The lowest BCUT2D eigenvalue weighted by atomic mass is 9.87. The van der Waals surface area contributed by atoms with Gasteiger partial charge in [0.25, 0.3) is 0 Å². The molecule has 0 aliphatic carbocycles. The van der Waals surface area contributed by atoms with Crippen molar-refractivity contribution in [2.75, 3.05) is 13.2 Å². The van der Waals surface area contributed by atoms with E-state index in [0.717, 1.165) is 24.9 Å². The Morgan fingerprint density at radius 3 is 2.82 bits per heavy atom. The SMILES string of the molecule is CCOC(=O)CCC(C)C1CC(c2ccc(F)cc2)=CCN1. The molecule has 1 aliphatic heterocycles. The minimum absolute atomic E-state index is 0.126. The van der Waals surface area contributed by atoms with Crippen LogP contribution >= 0.6 is 0 Å². The van der Waals surface area contributed by atoms with Crippen LogP contribution in [0.3, 0.4) is 0 Å². The van der Waals surface area contributed by atoms with Crippen LogP contribution in [0.25, 0.3) is 5.57 Å². The van der Waals surface area contributed by atoms with E-state index in [1.165, 1.54) is 17.7 Å². The molecule has 0 fully saturated rings. The highest BCUT2D eigenvalue weighted by atomic mass is 19.1. The summed E-state index contributed by atoms with van der Waals surface area (Å²) < 4.78 is 18.0. The van der Waals surface area contributed by atoms with Crippen molar-refractivity contribution < 1.29 is 13.9 Å². The molecule has 0 radical (unpaired) electrons. The topological polar surface area (TPSA) is 38.3 Å². The zero-order valence-corrected chi connectivity index (χ0v) is 13.3. The minimum Gasteiger partial charge on any atom is -0.466 e. The number of halogens is 1. The summed E-state index contributed by atoms with van der Waals surface area (Å²) in [7, 11) is 0. The standard InChI is InChI=1S/C18H24FNO2/c1-3-22-18(21)9-4-13(2)17-12-15(10-11-20-17)14-5-7-16(19)8-6-14/h5-8,10,13,17,20H,3-4,9,11-12H2,1-2H3. The van der Waals surface area contributed by atoms with Crippen LogP contribution in [0.2, 0.25) is 0 Å². The summed E-state index contributed by atoms with van der Waals surface area (Å²) in [5, 5.41) is 3.48. The first kappa shape index (κ1) is 16.7. The van der Waals surface area contributed by atoms with Crippen LogP contribution in [0, 0.1) is 11.7 Å². The Morgan fingerprint density at radius 2 is 2.14 bits per heavy atom. The second-order valence-corrected chi connectivity index (χ2v) is 5.78. The van der Waals surface area contributed by atoms with Gasteiger partial charge in [-0.25, -0.2) is 4.39 Å². The molecule has 0 bridgehead atoms. The Hall–Kier alpha value is -1.68. The fourth-order valence-corrected chi connectivity index (χ4v) is 2.81. The molecule has 3 nitrogen and oxygen atoms in total. The van der Waals surface area contributed by atoms with E-state index in [4.69, 9.17) is 4.74 Å². The third kappa shape index (κ3) is 4.67. The number of ether oxygens (including phenoxy) is 1. The van der Waals surface area contributed by atoms with Crippen LogP contribution < -0.4 is 5.32 Å². The Balaban J connectivity index is 1.90. The average molecular weight is 305 g/mol. The van der Waals surface area contributed by atoms with Crippen LogP contribution in [-0.2, 0) is 9.53 Å². The van der Waals surface area contributed by atoms with E-state index in [2.05, 4.69) is 18.3 Å². The number of hydrogen-bond donors (Lipinski definition) is 1. The molecular formula is C18H24FNO2. The molecule has 0 aromatic heterocycles. The van der Waals surface area contributed by atoms with E-state index in [-0.39, 0.29) is 11.8 Å². The van der Waals surface area contributed by atoms with E-state index in [9.17, 15) is 9.18 Å². The first-order valence-corrected chi connectivity index (χ1v) is 7.94. The van der Waals surface area contributed by atoms with Gasteiger partial charge in [0.2, 0.25) is 0 Å². The normalized spacial score (nSPS) is 19.4. The van der Waals surface area contributed by atoms with Gasteiger partial charge in [-0.05, 0) is 49.0 Å². The van der Waals surface area contributed by atoms with Gasteiger partial charge in [-0.15, -0.1) is 0 Å². The van der Waals surface area contributed by atoms with Gasteiger partial charge in [-0.3, -0.25) is 4.79 Å². The van der Waals surface area contributed by atoms with Crippen LogP contribution in [0.1, 0.15) is 38.7 Å². The molecule has 120 valence electrons. The molecular weight excluding hydrogens is 281 g/mol. The van der Waals surface area contributed by atoms with Gasteiger partial charge in [-0.1, -0.05) is 25.1 Å². The predicted molar refractivity (Wildman–Crippen MR) is 85.8 cm³/mol. The second kappa shape index (κ2) is 8.08. The highest BCUT2D eigenvalue weighted by Gasteiger charge is 2.22. The van der Waals surface area contributed by atoms with Gasteiger partial charge >= 0.3 is 5.97 Å². The van der Waals surface area contributed by atoms with Crippen LogP contribution in [0.15, 0.2) is 30.3 Å². The molecule has 0 saturated carbocycles. The minimum atomic E-state index is -0.211. The largest absolute Gasteiger partial charge is 0.466 e. The van der Waals surface area contributed by atoms with Crippen molar-refractivity contribution >= 4 is 11.5 Å². The predicted octanol–water partition coefficient (Wildman–Crippen LogP) is 3.55. The lowest BCUT2D eigenvalue weighted by Gasteiger charge is -2.29. The van der Waals surface area contributed by atoms with Gasteiger partial charge in [0.15, 0.2) is 0 Å². The summed E-state index contributed by atoms with van der Waals surface area (Å²) in [6, 6.07) is 6.98. The zero-order chi connectivity index (χ0) is 15.9. The molecule has 1 aliphatic rings. The van der Waals surface area contributed by atoms with Gasteiger partial charge < -0.3 is 10.1 Å². The second-order valence-electron chi connectivity index (χ2n) is 5.78. The number of nitrogens with one attached hydrogen (secondary N) is 1. The summed E-state index contributed by atoms with van der Waals surface area (Å²) in [6.45, 7) is 5.22. The molecule has 0 saturated heterocycles. The number of rotatable bonds is 6. The lowest BCUT2D eigenvalue weighted by molar-refractivity contribution is -0.143. The highest BCUT2D eigenvalue weighted by molar-refractivity contribution is 5.69. The fraction of sp³-hybridized carbons (Fsp3) is 0.500. The maximum atomic E-state index is 13.0. The van der Waals surface area contributed by atoms with E-state index in [0.29, 0.717) is 25.0 Å². The summed E-state index contributed by atoms with van der Waals surface area (Å²) >= 11 is 0. The maximum absolute atomic E-state index is 13.0.